The Morgan fingerprint density at radius 2 is 1.44 bits per heavy atom. The Kier molecular flexibility index (Phi) is 11.7. The predicted octanol–water partition coefficient (Wildman–Crippen LogP) is 6.93. The van der Waals surface area contributed by atoms with Crippen molar-refractivity contribution in [2.24, 2.45) is 0 Å². The topological polar surface area (TPSA) is 60.7 Å². The van der Waals surface area contributed by atoms with Crippen molar-refractivity contribution in [3.8, 4) is 17.6 Å². The van der Waals surface area contributed by atoms with Gasteiger partial charge in [-0.2, -0.15) is 5.26 Å². The van der Waals surface area contributed by atoms with Gasteiger partial charge in [-0.3, -0.25) is 0 Å². The highest BCUT2D eigenvalue weighted by Gasteiger charge is 2.13. The first-order chi connectivity index (χ1) is 16.5. The summed E-state index contributed by atoms with van der Waals surface area (Å²) in [5.74, 6) is 1.42. The molecule has 0 aromatic heterocycles. The minimum atomic E-state index is 0.142. The molecule has 0 heterocycles. The van der Waals surface area contributed by atoms with E-state index in [0.717, 1.165) is 29.5 Å². The first-order valence-corrected chi connectivity index (χ1v) is 11.3. The van der Waals surface area contributed by atoms with Gasteiger partial charge in [-0.15, -0.1) is 0 Å². The van der Waals surface area contributed by atoms with Crippen LogP contribution in [0.1, 0.15) is 55.9 Å². The zero-order chi connectivity index (χ0) is 24.8. The fraction of sp³-hybridized carbons (Fsp3) is 0.345. The van der Waals surface area contributed by atoms with E-state index in [0.29, 0.717) is 23.5 Å². The van der Waals surface area contributed by atoms with Crippen LogP contribution in [0.3, 0.4) is 0 Å². The van der Waals surface area contributed by atoms with Crippen molar-refractivity contribution in [2.45, 2.75) is 40.0 Å². The first-order valence-electron chi connectivity index (χ1n) is 11.3. The lowest BCUT2D eigenvalue weighted by atomic mass is 10.0. The van der Waals surface area contributed by atoms with Crippen LogP contribution in [0.25, 0.3) is 12.2 Å². The van der Waals surface area contributed by atoms with Crippen molar-refractivity contribution in [3.63, 3.8) is 0 Å². The number of hydrogen-bond acceptors (Lipinski definition) is 5. The second kappa shape index (κ2) is 14.7. The van der Waals surface area contributed by atoms with E-state index in [2.05, 4.69) is 39.0 Å². The molecule has 34 heavy (non-hydrogen) atoms. The van der Waals surface area contributed by atoms with E-state index < -0.39 is 0 Å². The molecule has 0 atom stereocenters. The predicted molar refractivity (Wildman–Crippen MR) is 138 cm³/mol. The molecular weight excluding hydrogens is 426 g/mol. The molecule has 2 aromatic carbocycles. The second-order valence-corrected chi connectivity index (χ2v) is 8.24. The maximum absolute atomic E-state index is 8.98. The van der Waals surface area contributed by atoms with Crippen LogP contribution in [-0.2, 0) is 15.9 Å². The number of ether oxygens (including phenoxy) is 4. The van der Waals surface area contributed by atoms with Crippen molar-refractivity contribution >= 4 is 12.2 Å². The van der Waals surface area contributed by atoms with Crippen LogP contribution in [-0.4, -0.2) is 27.8 Å². The number of nitriles is 1. The van der Waals surface area contributed by atoms with Crippen molar-refractivity contribution in [1.82, 2.24) is 0 Å². The van der Waals surface area contributed by atoms with E-state index in [1.165, 1.54) is 11.1 Å². The summed E-state index contributed by atoms with van der Waals surface area (Å²) in [5, 5.41) is 8.98. The van der Waals surface area contributed by atoms with Gasteiger partial charge in [0.05, 0.1) is 11.6 Å². The minimum absolute atomic E-state index is 0.142. The van der Waals surface area contributed by atoms with E-state index in [1.807, 2.05) is 36.4 Å². The Hall–Kier alpha value is -3.33. The van der Waals surface area contributed by atoms with Crippen LogP contribution < -0.4 is 9.47 Å². The monoisotopic (exact) mass is 461 g/mol. The van der Waals surface area contributed by atoms with Gasteiger partial charge in [0, 0.05) is 19.8 Å². The van der Waals surface area contributed by atoms with Crippen LogP contribution in [0.4, 0.5) is 0 Å². The van der Waals surface area contributed by atoms with E-state index >= 15 is 0 Å². The SMILES string of the molecule is COCOc1cc(C=Cc2ccc(C#N)cc2)cc(OCOC)c1CC=C(C)CCC=C(C)C. The molecule has 0 aliphatic rings. The van der Waals surface area contributed by atoms with Gasteiger partial charge in [-0.05, 0) is 75.4 Å². The summed E-state index contributed by atoms with van der Waals surface area (Å²) in [4.78, 5) is 0. The van der Waals surface area contributed by atoms with Crippen LogP contribution in [0.15, 0.2) is 59.7 Å². The molecule has 0 N–H and O–H groups in total. The third-order valence-corrected chi connectivity index (χ3v) is 5.11. The summed E-state index contributed by atoms with van der Waals surface area (Å²) < 4.78 is 22.2. The fourth-order valence-electron chi connectivity index (χ4n) is 3.27. The molecule has 0 aliphatic carbocycles. The van der Waals surface area contributed by atoms with E-state index in [9.17, 15) is 0 Å². The van der Waals surface area contributed by atoms with Crippen molar-refractivity contribution in [3.05, 3.63) is 82.0 Å². The number of methoxy groups -OCH3 is 2. The molecule has 0 saturated heterocycles. The van der Waals surface area contributed by atoms with Crippen molar-refractivity contribution in [2.75, 3.05) is 27.8 Å². The average Bonchev–Trinajstić information content (AvgIpc) is 2.84. The molecule has 180 valence electrons. The second-order valence-electron chi connectivity index (χ2n) is 8.24. The molecule has 0 fully saturated rings. The van der Waals surface area contributed by atoms with Crippen molar-refractivity contribution < 1.29 is 18.9 Å². The lowest BCUT2D eigenvalue weighted by Gasteiger charge is -2.16. The van der Waals surface area contributed by atoms with Crippen LogP contribution in [0, 0.1) is 11.3 Å². The molecule has 5 heteroatoms. The number of rotatable bonds is 13. The Bertz CT molecular complexity index is 1010. The zero-order valence-electron chi connectivity index (χ0n) is 20.9. The number of nitrogens with zero attached hydrogens (tertiary/aromatic N) is 1. The molecule has 0 unspecified atom stereocenters. The van der Waals surface area contributed by atoms with Gasteiger partial charge in [0.2, 0.25) is 0 Å². The molecule has 0 saturated carbocycles. The van der Waals surface area contributed by atoms with Gasteiger partial charge >= 0.3 is 0 Å². The Morgan fingerprint density at radius 3 is 1.97 bits per heavy atom. The molecular formula is C29H35NO4. The first kappa shape index (κ1) is 26.9. The summed E-state index contributed by atoms with van der Waals surface area (Å²) in [6.07, 6.45) is 11.2. The third-order valence-electron chi connectivity index (χ3n) is 5.11. The maximum Gasteiger partial charge on any atom is 0.188 e. The Morgan fingerprint density at radius 1 is 0.853 bits per heavy atom. The van der Waals surface area contributed by atoms with E-state index in [4.69, 9.17) is 24.2 Å². The van der Waals surface area contributed by atoms with Gasteiger partial charge in [0.1, 0.15) is 11.5 Å². The maximum atomic E-state index is 8.98. The Balaban J connectivity index is 2.35. The standard InChI is InChI=1S/C29H35NO4/c1-22(2)7-6-8-23(3)9-16-27-28(33-20-31-4)17-26(18-29(27)34-21-32-5)15-12-24-10-13-25(19-30)14-11-24/h7,9-15,17-18H,6,8,16,20-21H2,1-5H3. The summed E-state index contributed by atoms with van der Waals surface area (Å²) in [5.41, 5.74) is 6.16. The summed E-state index contributed by atoms with van der Waals surface area (Å²) in [6.45, 7) is 6.68. The molecule has 2 rings (SSSR count). The van der Waals surface area contributed by atoms with Crippen LogP contribution >= 0.6 is 0 Å². The molecule has 0 bridgehead atoms. The summed E-state index contributed by atoms with van der Waals surface area (Å²) in [6, 6.07) is 13.5. The third kappa shape index (κ3) is 9.27. The lowest BCUT2D eigenvalue weighted by molar-refractivity contribution is 0.0448. The van der Waals surface area contributed by atoms with Gasteiger partial charge < -0.3 is 18.9 Å². The summed E-state index contributed by atoms with van der Waals surface area (Å²) in [7, 11) is 3.20. The minimum Gasteiger partial charge on any atom is -0.467 e. The highest BCUT2D eigenvalue weighted by atomic mass is 16.7. The number of benzene rings is 2. The highest BCUT2D eigenvalue weighted by Crippen LogP contribution is 2.33. The lowest BCUT2D eigenvalue weighted by Crippen LogP contribution is -2.06. The van der Waals surface area contributed by atoms with Gasteiger partial charge in [0.25, 0.3) is 0 Å². The largest absolute Gasteiger partial charge is 0.467 e. The Labute approximate surface area is 203 Å². The van der Waals surface area contributed by atoms with Crippen LogP contribution in [0.5, 0.6) is 11.5 Å². The molecule has 5 nitrogen and oxygen atoms in total. The normalized spacial score (nSPS) is 11.4. The van der Waals surface area contributed by atoms with E-state index in [-0.39, 0.29) is 13.6 Å². The quantitative estimate of drug-likeness (QED) is 0.184. The molecule has 0 radical (unpaired) electrons. The smallest absolute Gasteiger partial charge is 0.188 e. The molecule has 0 amide bonds. The van der Waals surface area contributed by atoms with Crippen molar-refractivity contribution in [1.29, 1.82) is 5.26 Å². The molecule has 2 aromatic rings. The van der Waals surface area contributed by atoms with Gasteiger partial charge in [-0.25, -0.2) is 0 Å². The zero-order valence-corrected chi connectivity index (χ0v) is 20.9. The number of allylic oxidation sites excluding steroid dienone is 4. The number of hydrogen-bond donors (Lipinski definition) is 0. The average molecular weight is 462 g/mol. The van der Waals surface area contributed by atoms with Gasteiger partial charge in [0.15, 0.2) is 13.6 Å². The summed E-state index contributed by atoms with van der Waals surface area (Å²) >= 11 is 0. The van der Waals surface area contributed by atoms with Crippen LogP contribution in [0.2, 0.25) is 0 Å². The molecule has 0 spiro atoms. The fourth-order valence-corrected chi connectivity index (χ4v) is 3.27. The highest BCUT2D eigenvalue weighted by molar-refractivity contribution is 5.72. The van der Waals surface area contributed by atoms with E-state index in [1.54, 1.807) is 26.4 Å². The molecule has 0 aliphatic heterocycles. The van der Waals surface area contributed by atoms with Gasteiger partial charge in [-0.1, -0.05) is 47.6 Å².